The fourth-order valence-electron chi connectivity index (χ4n) is 1.97. The first kappa shape index (κ1) is 16.4. The van der Waals surface area contributed by atoms with Crippen LogP contribution in [0.15, 0.2) is 24.3 Å². The Hall–Kier alpha value is -0.570. The van der Waals surface area contributed by atoms with Gasteiger partial charge >= 0.3 is 0 Å². The molecule has 0 radical (unpaired) electrons. The van der Waals surface area contributed by atoms with Gasteiger partial charge in [0.25, 0.3) is 0 Å². The lowest BCUT2D eigenvalue weighted by Gasteiger charge is -2.29. The van der Waals surface area contributed by atoms with Gasteiger partial charge in [0.15, 0.2) is 0 Å². The van der Waals surface area contributed by atoms with Gasteiger partial charge in [0.2, 0.25) is 0 Å². The molecule has 1 rings (SSSR count). The molecule has 0 unspecified atom stereocenters. The Morgan fingerprint density at radius 1 is 1.29 bits per heavy atom. The van der Waals surface area contributed by atoms with Crippen LogP contribution in [-0.4, -0.2) is 25.0 Å². The molecule has 0 heterocycles. The molecule has 0 fully saturated rings. The van der Waals surface area contributed by atoms with E-state index in [2.05, 4.69) is 57.0 Å². The Bertz CT molecular complexity index is 337. The second-order valence-corrected chi connectivity index (χ2v) is 5.53. The van der Waals surface area contributed by atoms with E-state index in [9.17, 15) is 0 Å². The maximum atomic E-state index is 5.75. The maximum Gasteiger partial charge on any atom is 0.0231 e. The zero-order valence-electron chi connectivity index (χ0n) is 11.4. The van der Waals surface area contributed by atoms with Crippen molar-refractivity contribution in [3.05, 3.63) is 35.4 Å². The van der Waals surface area contributed by atoms with E-state index in [1.165, 1.54) is 11.1 Å². The minimum atomic E-state index is 0. The molecule has 0 amide bonds. The minimum absolute atomic E-state index is 0. The van der Waals surface area contributed by atoms with E-state index in [0.717, 1.165) is 19.6 Å². The summed E-state index contributed by atoms with van der Waals surface area (Å²) >= 11 is 0. The fraction of sp³-hybridized carbons (Fsp3) is 0.571. The predicted octanol–water partition coefficient (Wildman–Crippen LogP) is 2.83. The highest BCUT2D eigenvalue weighted by Crippen LogP contribution is 2.15. The summed E-state index contributed by atoms with van der Waals surface area (Å²) in [6.45, 7) is 9.29. The van der Waals surface area contributed by atoms with Crippen LogP contribution >= 0.6 is 12.4 Å². The first-order chi connectivity index (χ1) is 7.43. The van der Waals surface area contributed by atoms with E-state index >= 15 is 0 Å². The molecule has 0 aliphatic rings. The van der Waals surface area contributed by atoms with Crippen LogP contribution in [0.1, 0.15) is 25.0 Å². The van der Waals surface area contributed by atoms with Crippen LogP contribution < -0.4 is 5.73 Å². The normalized spacial score (nSPS) is 11.4. The molecule has 17 heavy (non-hydrogen) atoms. The average molecular weight is 257 g/mol. The minimum Gasteiger partial charge on any atom is -0.330 e. The van der Waals surface area contributed by atoms with Crippen LogP contribution in [0.25, 0.3) is 0 Å². The summed E-state index contributed by atoms with van der Waals surface area (Å²) in [6, 6.07) is 8.67. The lowest BCUT2D eigenvalue weighted by molar-refractivity contribution is 0.210. The number of rotatable bonds is 5. The summed E-state index contributed by atoms with van der Waals surface area (Å²) in [4.78, 5) is 2.33. The third kappa shape index (κ3) is 6.06. The lowest BCUT2D eigenvalue weighted by atomic mass is 9.93. The van der Waals surface area contributed by atoms with Crippen LogP contribution in [0.5, 0.6) is 0 Å². The summed E-state index contributed by atoms with van der Waals surface area (Å²) in [5.41, 5.74) is 8.63. The highest BCUT2D eigenvalue weighted by molar-refractivity contribution is 5.85. The van der Waals surface area contributed by atoms with E-state index in [0.29, 0.717) is 0 Å². The highest BCUT2D eigenvalue weighted by Gasteiger charge is 2.17. The van der Waals surface area contributed by atoms with Gasteiger partial charge in [-0.15, -0.1) is 12.4 Å². The zero-order valence-corrected chi connectivity index (χ0v) is 12.2. The molecule has 98 valence electrons. The van der Waals surface area contributed by atoms with E-state index in [-0.39, 0.29) is 17.8 Å². The molecule has 0 bridgehead atoms. The molecule has 0 aliphatic carbocycles. The third-order valence-corrected chi connectivity index (χ3v) is 2.79. The number of benzene rings is 1. The highest BCUT2D eigenvalue weighted by atomic mass is 35.5. The topological polar surface area (TPSA) is 29.3 Å². The van der Waals surface area contributed by atoms with Crippen LogP contribution in [0.2, 0.25) is 0 Å². The van der Waals surface area contributed by atoms with Crippen molar-refractivity contribution >= 4 is 12.4 Å². The monoisotopic (exact) mass is 256 g/mol. The Morgan fingerprint density at radius 2 is 1.94 bits per heavy atom. The van der Waals surface area contributed by atoms with Gasteiger partial charge in [-0.25, -0.2) is 0 Å². The second kappa shape index (κ2) is 7.00. The molecule has 0 saturated carbocycles. The largest absolute Gasteiger partial charge is 0.330 e. The molecule has 0 saturated heterocycles. The Labute approximate surface area is 112 Å². The first-order valence-electron chi connectivity index (χ1n) is 5.87. The lowest BCUT2D eigenvalue weighted by Crippen LogP contribution is -2.36. The Kier molecular flexibility index (Phi) is 6.76. The van der Waals surface area contributed by atoms with Gasteiger partial charge in [-0.05, 0) is 31.5 Å². The molecular formula is C14H25ClN2. The molecule has 2 nitrogen and oxygen atoms in total. The molecule has 1 aromatic carbocycles. The van der Waals surface area contributed by atoms with Gasteiger partial charge in [-0.2, -0.15) is 0 Å². The standard InChI is InChI=1S/C14H24N2.ClH/c1-12-6-5-7-13(8-12)9-16(4)11-14(2,3)10-15;/h5-8H,9-11,15H2,1-4H3;1H. The van der Waals surface area contributed by atoms with E-state index < -0.39 is 0 Å². The molecule has 0 spiro atoms. The maximum absolute atomic E-state index is 5.75. The molecule has 2 N–H and O–H groups in total. The summed E-state index contributed by atoms with van der Waals surface area (Å²) < 4.78 is 0. The van der Waals surface area contributed by atoms with Crippen molar-refractivity contribution in [3.8, 4) is 0 Å². The molecule has 1 aromatic rings. The van der Waals surface area contributed by atoms with Crippen LogP contribution in [0.4, 0.5) is 0 Å². The SMILES string of the molecule is Cc1cccc(CN(C)CC(C)(C)CN)c1.Cl. The molecule has 0 aromatic heterocycles. The van der Waals surface area contributed by atoms with Crippen molar-refractivity contribution in [2.24, 2.45) is 11.1 Å². The molecule has 3 heteroatoms. The smallest absolute Gasteiger partial charge is 0.0231 e. The number of nitrogens with two attached hydrogens (primary N) is 1. The van der Waals surface area contributed by atoms with Gasteiger partial charge in [-0.1, -0.05) is 43.7 Å². The number of aryl methyl sites for hydroxylation is 1. The quantitative estimate of drug-likeness (QED) is 0.878. The van der Waals surface area contributed by atoms with E-state index in [1.54, 1.807) is 0 Å². The van der Waals surface area contributed by atoms with Gasteiger partial charge in [0, 0.05) is 13.1 Å². The molecule has 0 atom stereocenters. The average Bonchev–Trinajstić information content (AvgIpc) is 2.16. The fourth-order valence-corrected chi connectivity index (χ4v) is 1.97. The van der Waals surface area contributed by atoms with Crippen molar-refractivity contribution in [2.45, 2.75) is 27.3 Å². The van der Waals surface area contributed by atoms with Crippen molar-refractivity contribution in [3.63, 3.8) is 0 Å². The van der Waals surface area contributed by atoms with Crippen molar-refractivity contribution in [2.75, 3.05) is 20.1 Å². The van der Waals surface area contributed by atoms with Crippen LogP contribution in [-0.2, 0) is 6.54 Å². The number of hydrogen-bond acceptors (Lipinski definition) is 2. The second-order valence-electron chi connectivity index (χ2n) is 5.53. The number of halogens is 1. The molecular weight excluding hydrogens is 232 g/mol. The Balaban J connectivity index is 0.00000256. The van der Waals surface area contributed by atoms with Crippen molar-refractivity contribution < 1.29 is 0 Å². The van der Waals surface area contributed by atoms with E-state index in [1.807, 2.05) is 0 Å². The van der Waals surface area contributed by atoms with E-state index in [4.69, 9.17) is 5.73 Å². The van der Waals surface area contributed by atoms with Gasteiger partial charge in [-0.3, -0.25) is 0 Å². The summed E-state index contributed by atoms with van der Waals surface area (Å²) in [5, 5.41) is 0. The van der Waals surface area contributed by atoms with Crippen LogP contribution in [0.3, 0.4) is 0 Å². The zero-order chi connectivity index (χ0) is 12.2. The first-order valence-corrected chi connectivity index (χ1v) is 5.87. The van der Waals surface area contributed by atoms with Crippen molar-refractivity contribution in [1.29, 1.82) is 0 Å². The Morgan fingerprint density at radius 3 is 2.47 bits per heavy atom. The van der Waals surface area contributed by atoms with Crippen LogP contribution in [0, 0.1) is 12.3 Å². The summed E-state index contributed by atoms with van der Waals surface area (Å²) in [6.07, 6.45) is 0. The number of nitrogens with zero attached hydrogens (tertiary/aromatic N) is 1. The molecule has 0 aliphatic heterocycles. The predicted molar refractivity (Wildman–Crippen MR) is 77.6 cm³/mol. The van der Waals surface area contributed by atoms with Gasteiger partial charge in [0.05, 0.1) is 0 Å². The summed E-state index contributed by atoms with van der Waals surface area (Å²) in [7, 11) is 2.15. The van der Waals surface area contributed by atoms with Crippen molar-refractivity contribution in [1.82, 2.24) is 4.90 Å². The van der Waals surface area contributed by atoms with Gasteiger partial charge in [0.1, 0.15) is 0 Å². The third-order valence-electron chi connectivity index (χ3n) is 2.79. The van der Waals surface area contributed by atoms with Gasteiger partial charge < -0.3 is 10.6 Å². The summed E-state index contributed by atoms with van der Waals surface area (Å²) in [5.74, 6) is 0. The number of hydrogen-bond donors (Lipinski definition) is 1.